The number of carbonyl (C=O) groups is 2. The summed E-state index contributed by atoms with van der Waals surface area (Å²) in [5.41, 5.74) is 0.322. The minimum atomic E-state index is -1.06. The molecule has 0 saturated carbocycles. The van der Waals surface area contributed by atoms with Crippen molar-refractivity contribution in [1.29, 1.82) is 0 Å². The zero-order valence-corrected chi connectivity index (χ0v) is 12.7. The van der Waals surface area contributed by atoms with Gasteiger partial charge in [0.25, 0.3) is 0 Å². The molecule has 0 heterocycles. The smallest absolute Gasteiger partial charge is 0.338 e. The Hall–Kier alpha value is -2.34. The van der Waals surface area contributed by atoms with E-state index in [0.29, 0.717) is 11.3 Å². The monoisotopic (exact) mass is 308 g/mol. The fraction of sp³-hybridized carbons (Fsp3) is 0.375. The van der Waals surface area contributed by atoms with Crippen LogP contribution in [0.2, 0.25) is 0 Å². The van der Waals surface area contributed by atoms with Crippen LogP contribution in [0.1, 0.15) is 24.2 Å². The van der Waals surface area contributed by atoms with Gasteiger partial charge >= 0.3 is 11.9 Å². The van der Waals surface area contributed by atoms with Crippen molar-refractivity contribution in [3.63, 3.8) is 0 Å². The Balaban J connectivity index is 2.38. The van der Waals surface area contributed by atoms with Gasteiger partial charge in [0, 0.05) is 0 Å². The molecular formula is C16H20O6. The molecule has 0 fully saturated rings. The number of aliphatic hydroxyl groups is 1. The summed E-state index contributed by atoms with van der Waals surface area (Å²) in [5.74, 6) is -0.721. The minimum Gasteiger partial charge on any atom is -0.466 e. The SMILES string of the molecule is C=COc1ccc(C(=O)OCC(O)COC(=O)C(C)C)cc1. The van der Waals surface area contributed by atoms with Crippen LogP contribution in [-0.4, -0.2) is 36.4 Å². The number of aliphatic hydroxyl groups excluding tert-OH is 1. The first-order chi connectivity index (χ1) is 10.4. The van der Waals surface area contributed by atoms with Crippen LogP contribution in [0.5, 0.6) is 5.75 Å². The second-order valence-electron chi connectivity index (χ2n) is 4.85. The second kappa shape index (κ2) is 8.84. The Kier molecular flexibility index (Phi) is 7.12. The van der Waals surface area contributed by atoms with Gasteiger partial charge in [-0.3, -0.25) is 4.79 Å². The quantitative estimate of drug-likeness (QED) is 0.583. The van der Waals surface area contributed by atoms with Crippen LogP contribution >= 0.6 is 0 Å². The van der Waals surface area contributed by atoms with Crippen LogP contribution in [0.3, 0.4) is 0 Å². The zero-order chi connectivity index (χ0) is 16.5. The third-order valence-corrected chi connectivity index (χ3v) is 2.61. The Bertz CT molecular complexity index is 506. The molecule has 1 N–H and O–H groups in total. The van der Waals surface area contributed by atoms with E-state index in [9.17, 15) is 14.7 Å². The predicted octanol–water partition coefficient (Wildman–Crippen LogP) is 1.93. The predicted molar refractivity (Wildman–Crippen MR) is 79.4 cm³/mol. The van der Waals surface area contributed by atoms with Crippen LogP contribution in [0.4, 0.5) is 0 Å². The lowest BCUT2D eigenvalue weighted by molar-refractivity contribution is -0.151. The lowest BCUT2D eigenvalue weighted by atomic mass is 10.2. The van der Waals surface area contributed by atoms with Crippen molar-refractivity contribution in [2.45, 2.75) is 20.0 Å². The van der Waals surface area contributed by atoms with Crippen molar-refractivity contribution in [3.05, 3.63) is 42.7 Å². The first-order valence-electron chi connectivity index (χ1n) is 6.83. The van der Waals surface area contributed by atoms with Crippen molar-refractivity contribution in [2.75, 3.05) is 13.2 Å². The van der Waals surface area contributed by atoms with Crippen molar-refractivity contribution >= 4 is 11.9 Å². The molecule has 0 aromatic heterocycles. The number of hydrogen-bond acceptors (Lipinski definition) is 6. The first-order valence-corrected chi connectivity index (χ1v) is 6.83. The molecule has 1 aromatic rings. The summed E-state index contributed by atoms with van der Waals surface area (Å²) >= 11 is 0. The molecule has 0 radical (unpaired) electrons. The summed E-state index contributed by atoms with van der Waals surface area (Å²) < 4.78 is 14.8. The third-order valence-electron chi connectivity index (χ3n) is 2.61. The fourth-order valence-electron chi connectivity index (χ4n) is 1.41. The number of benzene rings is 1. The maximum atomic E-state index is 11.8. The van der Waals surface area contributed by atoms with Gasteiger partial charge in [-0.15, -0.1) is 0 Å². The van der Waals surface area contributed by atoms with Gasteiger partial charge in [0.2, 0.25) is 0 Å². The summed E-state index contributed by atoms with van der Waals surface area (Å²) in [4.78, 5) is 23.0. The summed E-state index contributed by atoms with van der Waals surface area (Å²) in [6.45, 7) is 6.34. The lowest BCUT2D eigenvalue weighted by Gasteiger charge is -2.13. The van der Waals surface area contributed by atoms with Gasteiger partial charge in [0.15, 0.2) is 0 Å². The van der Waals surface area contributed by atoms with Crippen LogP contribution in [0.25, 0.3) is 0 Å². The number of hydrogen-bond donors (Lipinski definition) is 1. The molecule has 1 rings (SSSR count). The maximum absolute atomic E-state index is 11.8. The second-order valence-corrected chi connectivity index (χ2v) is 4.85. The highest BCUT2D eigenvalue weighted by molar-refractivity contribution is 5.89. The molecule has 0 aliphatic rings. The van der Waals surface area contributed by atoms with Crippen LogP contribution in [0.15, 0.2) is 37.1 Å². The van der Waals surface area contributed by atoms with Crippen LogP contribution in [0, 0.1) is 5.92 Å². The molecule has 0 amide bonds. The molecule has 0 spiro atoms. The van der Waals surface area contributed by atoms with E-state index in [0.717, 1.165) is 0 Å². The Morgan fingerprint density at radius 3 is 2.32 bits per heavy atom. The molecule has 0 bridgehead atoms. The highest BCUT2D eigenvalue weighted by Crippen LogP contribution is 2.13. The summed E-state index contributed by atoms with van der Waals surface area (Å²) in [7, 11) is 0. The van der Waals surface area contributed by atoms with E-state index >= 15 is 0 Å². The Morgan fingerprint density at radius 2 is 1.77 bits per heavy atom. The molecule has 6 nitrogen and oxygen atoms in total. The molecule has 120 valence electrons. The minimum absolute atomic E-state index is 0.212. The van der Waals surface area contributed by atoms with Crippen molar-refractivity contribution in [2.24, 2.45) is 5.92 Å². The van der Waals surface area contributed by atoms with Gasteiger partial charge in [-0.1, -0.05) is 20.4 Å². The first kappa shape index (κ1) is 17.7. The molecule has 1 aromatic carbocycles. The molecule has 6 heteroatoms. The normalized spacial score (nSPS) is 11.6. The van der Waals surface area contributed by atoms with Gasteiger partial charge in [-0.2, -0.15) is 0 Å². The zero-order valence-electron chi connectivity index (χ0n) is 12.7. The van der Waals surface area contributed by atoms with Crippen LogP contribution in [-0.2, 0) is 14.3 Å². The third kappa shape index (κ3) is 5.97. The molecule has 0 saturated heterocycles. The largest absolute Gasteiger partial charge is 0.466 e. The van der Waals surface area contributed by atoms with Gasteiger partial charge in [-0.05, 0) is 24.3 Å². The molecule has 1 unspecified atom stereocenters. The van der Waals surface area contributed by atoms with Crippen molar-refractivity contribution < 1.29 is 28.9 Å². The molecular weight excluding hydrogens is 288 g/mol. The summed E-state index contributed by atoms with van der Waals surface area (Å²) in [6, 6.07) is 6.26. The molecule has 0 aliphatic heterocycles. The van der Waals surface area contributed by atoms with Gasteiger partial charge in [-0.25, -0.2) is 4.79 Å². The number of carbonyl (C=O) groups excluding carboxylic acids is 2. The average molecular weight is 308 g/mol. The van der Waals surface area contributed by atoms with E-state index in [1.807, 2.05) is 0 Å². The molecule has 22 heavy (non-hydrogen) atoms. The number of rotatable bonds is 8. The Labute approximate surface area is 129 Å². The highest BCUT2D eigenvalue weighted by Gasteiger charge is 2.14. The lowest BCUT2D eigenvalue weighted by Crippen LogP contribution is -2.26. The van der Waals surface area contributed by atoms with E-state index in [1.165, 1.54) is 18.4 Å². The Morgan fingerprint density at radius 1 is 1.18 bits per heavy atom. The van der Waals surface area contributed by atoms with Crippen LogP contribution < -0.4 is 4.74 Å². The standard InChI is InChI=1S/C16H20O6/c1-4-20-14-7-5-12(6-8-14)16(19)22-10-13(17)9-21-15(18)11(2)3/h4-8,11,13,17H,1,9-10H2,2-3H3. The summed E-state index contributed by atoms with van der Waals surface area (Å²) in [6.07, 6.45) is 0.220. The van der Waals surface area contributed by atoms with E-state index in [1.54, 1.807) is 26.0 Å². The van der Waals surface area contributed by atoms with Gasteiger partial charge < -0.3 is 19.3 Å². The van der Waals surface area contributed by atoms with Crippen molar-refractivity contribution in [1.82, 2.24) is 0 Å². The maximum Gasteiger partial charge on any atom is 0.338 e. The topological polar surface area (TPSA) is 82.1 Å². The van der Waals surface area contributed by atoms with E-state index in [2.05, 4.69) is 6.58 Å². The number of esters is 2. The van der Waals surface area contributed by atoms with E-state index in [4.69, 9.17) is 14.2 Å². The number of ether oxygens (including phenoxy) is 3. The van der Waals surface area contributed by atoms with Crippen molar-refractivity contribution in [3.8, 4) is 5.75 Å². The van der Waals surface area contributed by atoms with Gasteiger partial charge in [0.05, 0.1) is 17.7 Å². The van der Waals surface area contributed by atoms with E-state index in [-0.39, 0.29) is 19.1 Å². The molecule has 0 aliphatic carbocycles. The fourth-order valence-corrected chi connectivity index (χ4v) is 1.41. The van der Waals surface area contributed by atoms with Gasteiger partial charge in [0.1, 0.15) is 25.1 Å². The summed E-state index contributed by atoms with van der Waals surface area (Å²) in [5, 5.41) is 9.60. The highest BCUT2D eigenvalue weighted by atomic mass is 16.6. The van der Waals surface area contributed by atoms with E-state index < -0.39 is 18.0 Å². The molecule has 1 atom stereocenters. The average Bonchev–Trinajstić information content (AvgIpc) is 2.51.